The molecule has 2 heterocycles. The third kappa shape index (κ3) is 2.79. The summed E-state index contributed by atoms with van der Waals surface area (Å²) in [6, 6.07) is 5.32. The number of hydrogen-bond donors (Lipinski definition) is 1. The zero-order valence-corrected chi connectivity index (χ0v) is 11.2. The van der Waals surface area contributed by atoms with Crippen LogP contribution in [0.2, 0.25) is 5.02 Å². The summed E-state index contributed by atoms with van der Waals surface area (Å²) in [5.41, 5.74) is 0. The van der Waals surface area contributed by atoms with Crippen molar-refractivity contribution in [2.75, 3.05) is 0 Å². The van der Waals surface area contributed by atoms with Crippen molar-refractivity contribution < 1.29 is 9.13 Å². The maximum absolute atomic E-state index is 13.0. The highest BCUT2D eigenvalue weighted by atomic mass is 35.5. The van der Waals surface area contributed by atoms with E-state index in [-0.39, 0.29) is 23.5 Å². The largest absolute Gasteiger partial charge is 0.490 e. The molecule has 98 valence electrons. The molecule has 0 aromatic heterocycles. The van der Waals surface area contributed by atoms with Crippen molar-refractivity contribution in [3.05, 3.63) is 41.2 Å². The van der Waals surface area contributed by atoms with Gasteiger partial charge in [0.1, 0.15) is 17.7 Å². The zero-order chi connectivity index (χ0) is 11.8. The second kappa shape index (κ2) is 5.47. The molecule has 1 unspecified atom stereocenters. The summed E-state index contributed by atoms with van der Waals surface area (Å²) in [4.78, 5) is 0. The minimum absolute atomic E-state index is 0. The van der Waals surface area contributed by atoms with Gasteiger partial charge in [0.05, 0.1) is 5.02 Å². The van der Waals surface area contributed by atoms with Crippen LogP contribution in [0.4, 0.5) is 4.39 Å². The first-order chi connectivity index (χ1) is 8.20. The van der Waals surface area contributed by atoms with E-state index in [1.54, 1.807) is 6.07 Å². The fourth-order valence-corrected chi connectivity index (χ4v) is 2.62. The highest BCUT2D eigenvalue weighted by molar-refractivity contribution is 6.30. The molecule has 3 atom stereocenters. The third-order valence-electron chi connectivity index (χ3n) is 3.23. The van der Waals surface area contributed by atoms with Gasteiger partial charge in [0.15, 0.2) is 0 Å². The van der Waals surface area contributed by atoms with E-state index in [0.717, 1.165) is 12.8 Å². The van der Waals surface area contributed by atoms with Crippen LogP contribution < -0.4 is 10.1 Å². The molecule has 2 aliphatic heterocycles. The Bertz CT molecular complexity index is 452. The Balaban J connectivity index is 0.00000120. The number of hydrogen-bond acceptors (Lipinski definition) is 2. The molecule has 0 aliphatic carbocycles. The maximum atomic E-state index is 13.0. The van der Waals surface area contributed by atoms with Crippen molar-refractivity contribution in [3.63, 3.8) is 0 Å². The Morgan fingerprint density at radius 3 is 2.50 bits per heavy atom. The molecule has 0 spiro atoms. The molecule has 1 aromatic rings. The molecule has 1 saturated heterocycles. The first kappa shape index (κ1) is 13.7. The minimum atomic E-state index is -0.411. The second-order valence-corrected chi connectivity index (χ2v) is 4.96. The van der Waals surface area contributed by atoms with Crippen LogP contribution >= 0.6 is 24.0 Å². The summed E-state index contributed by atoms with van der Waals surface area (Å²) in [6.45, 7) is 0. The van der Waals surface area contributed by atoms with Gasteiger partial charge in [-0.2, -0.15) is 0 Å². The van der Waals surface area contributed by atoms with Crippen LogP contribution in [-0.4, -0.2) is 18.2 Å². The summed E-state index contributed by atoms with van der Waals surface area (Å²) in [5, 5.41) is 3.56. The van der Waals surface area contributed by atoms with E-state index in [2.05, 4.69) is 17.5 Å². The number of halogens is 3. The van der Waals surface area contributed by atoms with Gasteiger partial charge >= 0.3 is 0 Å². The number of rotatable bonds is 2. The van der Waals surface area contributed by atoms with E-state index in [1.165, 1.54) is 12.1 Å². The first-order valence-electron chi connectivity index (χ1n) is 5.77. The van der Waals surface area contributed by atoms with E-state index in [1.807, 2.05) is 0 Å². The second-order valence-electron chi connectivity index (χ2n) is 4.55. The van der Waals surface area contributed by atoms with Crippen molar-refractivity contribution >= 4 is 24.0 Å². The van der Waals surface area contributed by atoms with Crippen molar-refractivity contribution in [1.29, 1.82) is 0 Å². The fraction of sp³-hybridized carbons (Fsp3) is 0.385. The molecule has 0 radical (unpaired) electrons. The highest BCUT2D eigenvalue weighted by Gasteiger charge is 2.30. The van der Waals surface area contributed by atoms with Crippen LogP contribution in [0.15, 0.2) is 30.4 Å². The average molecular weight is 290 g/mol. The molecule has 2 nitrogen and oxygen atoms in total. The molecule has 3 rings (SSSR count). The van der Waals surface area contributed by atoms with Crippen LogP contribution in [0, 0.1) is 5.82 Å². The number of nitrogens with one attached hydrogen (secondary N) is 1. The Kier molecular flexibility index (Phi) is 4.15. The van der Waals surface area contributed by atoms with E-state index in [0.29, 0.717) is 17.8 Å². The normalized spacial score (nSPS) is 28.9. The van der Waals surface area contributed by atoms with Crippen LogP contribution in [0.5, 0.6) is 5.75 Å². The Morgan fingerprint density at radius 2 is 1.89 bits per heavy atom. The monoisotopic (exact) mass is 289 g/mol. The van der Waals surface area contributed by atoms with Gasteiger partial charge in [-0.1, -0.05) is 23.8 Å². The standard InChI is InChI=1S/C13H13ClFNO.ClH/c14-12-7-10(3-4-13(12)15)17-11-5-8-1-2-9(6-11)16-8;/h1-4,7-9,11,16H,5-6H2;1H/t8-,9+,11?;. The van der Waals surface area contributed by atoms with E-state index >= 15 is 0 Å². The summed E-state index contributed by atoms with van der Waals surface area (Å²) in [6.07, 6.45) is 6.43. The zero-order valence-electron chi connectivity index (χ0n) is 9.61. The summed E-state index contributed by atoms with van der Waals surface area (Å²) in [7, 11) is 0. The molecule has 0 saturated carbocycles. The van der Waals surface area contributed by atoms with E-state index in [9.17, 15) is 4.39 Å². The molecular weight excluding hydrogens is 276 g/mol. The molecule has 1 aromatic carbocycles. The minimum Gasteiger partial charge on any atom is -0.490 e. The lowest BCUT2D eigenvalue weighted by atomic mass is 10.0. The first-order valence-corrected chi connectivity index (χ1v) is 6.14. The molecule has 0 amide bonds. The fourth-order valence-electron chi connectivity index (χ4n) is 2.45. The molecule has 1 N–H and O–H groups in total. The lowest BCUT2D eigenvalue weighted by molar-refractivity contribution is 0.142. The van der Waals surface area contributed by atoms with Gasteiger partial charge in [0.2, 0.25) is 0 Å². The van der Waals surface area contributed by atoms with E-state index in [4.69, 9.17) is 16.3 Å². The highest BCUT2D eigenvalue weighted by Crippen LogP contribution is 2.27. The average Bonchev–Trinajstić information content (AvgIpc) is 2.64. The Hall–Kier alpha value is -0.770. The molecule has 1 fully saturated rings. The van der Waals surface area contributed by atoms with Crippen LogP contribution in [0.3, 0.4) is 0 Å². The molecule has 18 heavy (non-hydrogen) atoms. The quantitative estimate of drug-likeness (QED) is 0.843. The van der Waals surface area contributed by atoms with Crippen molar-refractivity contribution in [2.45, 2.75) is 31.0 Å². The molecular formula is C13H14Cl2FNO. The van der Waals surface area contributed by atoms with Gasteiger partial charge < -0.3 is 10.1 Å². The van der Waals surface area contributed by atoms with Crippen LogP contribution in [0.25, 0.3) is 0 Å². The Labute approximate surface area is 117 Å². The molecule has 2 aliphatic rings. The number of benzene rings is 1. The number of piperidine rings is 1. The van der Waals surface area contributed by atoms with Crippen molar-refractivity contribution in [3.8, 4) is 5.75 Å². The predicted molar refractivity (Wildman–Crippen MR) is 72.2 cm³/mol. The topological polar surface area (TPSA) is 21.3 Å². The van der Waals surface area contributed by atoms with Crippen LogP contribution in [-0.2, 0) is 0 Å². The predicted octanol–water partition coefficient (Wildman–Crippen LogP) is 3.34. The Morgan fingerprint density at radius 1 is 1.22 bits per heavy atom. The number of ether oxygens (including phenoxy) is 1. The molecule has 5 heteroatoms. The number of fused-ring (bicyclic) bond motifs is 2. The SMILES string of the molecule is Cl.Fc1ccc(OC2C[C@H]3C=C[C@@H](C2)N3)cc1Cl. The third-order valence-corrected chi connectivity index (χ3v) is 3.52. The van der Waals surface area contributed by atoms with Crippen molar-refractivity contribution in [1.82, 2.24) is 5.32 Å². The maximum Gasteiger partial charge on any atom is 0.142 e. The summed E-state index contributed by atoms with van der Waals surface area (Å²) < 4.78 is 18.8. The van der Waals surface area contributed by atoms with Gasteiger partial charge in [0, 0.05) is 31.0 Å². The molecule has 2 bridgehead atoms. The summed E-state index contributed by atoms with van der Waals surface area (Å²) >= 11 is 5.72. The van der Waals surface area contributed by atoms with Crippen LogP contribution in [0.1, 0.15) is 12.8 Å². The lowest BCUT2D eigenvalue weighted by Crippen LogP contribution is -2.43. The van der Waals surface area contributed by atoms with Gasteiger partial charge in [-0.05, 0) is 12.1 Å². The van der Waals surface area contributed by atoms with Gasteiger partial charge in [-0.25, -0.2) is 4.39 Å². The van der Waals surface area contributed by atoms with E-state index < -0.39 is 5.82 Å². The van der Waals surface area contributed by atoms with Gasteiger partial charge in [0.25, 0.3) is 0 Å². The smallest absolute Gasteiger partial charge is 0.142 e. The van der Waals surface area contributed by atoms with Crippen molar-refractivity contribution in [2.24, 2.45) is 0 Å². The summed E-state index contributed by atoms with van der Waals surface area (Å²) in [5.74, 6) is 0.230. The lowest BCUT2D eigenvalue weighted by Gasteiger charge is -2.29. The van der Waals surface area contributed by atoms with Gasteiger partial charge in [-0.3, -0.25) is 0 Å². The van der Waals surface area contributed by atoms with Gasteiger partial charge in [-0.15, -0.1) is 12.4 Å².